The van der Waals surface area contributed by atoms with Gasteiger partial charge in [-0.15, -0.1) is 0 Å². The quantitative estimate of drug-likeness (QED) is 0.582. The summed E-state index contributed by atoms with van der Waals surface area (Å²) in [5.74, 6) is -0.467. The van der Waals surface area contributed by atoms with Crippen LogP contribution in [0.5, 0.6) is 0 Å². The summed E-state index contributed by atoms with van der Waals surface area (Å²) >= 11 is 0. The molecule has 7 heteroatoms. The molecule has 1 aliphatic heterocycles. The zero-order valence-electron chi connectivity index (χ0n) is 16.6. The van der Waals surface area contributed by atoms with E-state index >= 15 is 0 Å². The minimum Gasteiger partial charge on any atom is -0.390 e. The van der Waals surface area contributed by atoms with Gasteiger partial charge in [-0.2, -0.15) is 0 Å². The normalized spacial score (nSPS) is 17.5. The molecule has 0 unspecified atom stereocenters. The van der Waals surface area contributed by atoms with Crippen LogP contribution in [0.4, 0.5) is 0 Å². The Morgan fingerprint density at radius 3 is 2.79 bits per heavy atom. The summed E-state index contributed by atoms with van der Waals surface area (Å²) in [6, 6.07) is 13.0. The highest BCUT2D eigenvalue weighted by Gasteiger charge is 2.23. The van der Waals surface area contributed by atoms with E-state index in [1.165, 1.54) is 13.1 Å². The van der Waals surface area contributed by atoms with Gasteiger partial charge in [0.2, 0.25) is 0 Å². The molecule has 29 heavy (non-hydrogen) atoms. The summed E-state index contributed by atoms with van der Waals surface area (Å²) in [4.78, 5) is 29.3. The number of ether oxygens (including phenoxy) is 1. The van der Waals surface area contributed by atoms with Crippen molar-refractivity contribution in [3.05, 3.63) is 65.0 Å². The molecule has 1 fully saturated rings. The highest BCUT2D eigenvalue weighted by Crippen LogP contribution is 2.16. The van der Waals surface area contributed by atoms with Crippen LogP contribution in [0.15, 0.2) is 42.5 Å². The average Bonchev–Trinajstić information content (AvgIpc) is 2.77. The van der Waals surface area contributed by atoms with Crippen LogP contribution in [-0.2, 0) is 11.2 Å². The summed E-state index contributed by atoms with van der Waals surface area (Å²) in [6.45, 7) is 1.90. The first-order chi connectivity index (χ1) is 14.1. The van der Waals surface area contributed by atoms with Crippen molar-refractivity contribution in [2.75, 3.05) is 26.7 Å². The van der Waals surface area contributed by atoms with Crippen LogP contribution in [-0.4, -0.2) is 60.7 Å². The number of amides is 1. The summed E-state index contributed by atoms with van der Waals surface area (Å²) in [5.41, 5.74) is 2.34. The van der Waals surface area contributed by atoms with Crippen molar-refractivity contribution in [2.24, 2.45) is 0 Å². The van der Waals surface area contributed by atoms with Gasteiger partial charge in [0, 0.05) is 44.2 Å². The van der Waals surface area contributed by atoms with Crippen molar-refractivity contribution in [3.63, 3.8) is 0 Å². The Morgan fingerprint density at radius 2 is 2.10 bits per heavy atom. The number of benzene rings is 1. The number of rotatable bonds is 8. The van der Waals surface area contributed by atoms with E-state index in [2.05, 4.69) is 15.6 Å². The lowest BCUT2D eigenvalue weighted by Crippen LogP contribution is -2.45. The number of Topliss-reactive ketones (excluding diaryl/α,β-unsaturated/α-hetero) is 1. The molecule has 1 aliphatic rings. The van der Waals surface area contributed by atoms with E-state index in [4.69, 9.17) is 4.74 Å². The lowest BCUT2D eigenvalue weighted by atomic mass is 9.99. The number of morpholine rings is 1. The topological polar surface area (TPSA) is 101 Å². The zero-order valence-corrected chi connectivity index (χ0v) is 16.6. The minimum absolute atomic E-state index is 0.130. The van der Waals surface area contributed by atoms with Gasteiger partial charge in [-0.3, -0.25) is 9.59 Å². The fraction of sp³-hybridized carbons (Fsp3) is 0.409. The maximum Gasteiger partial charge on any atom is 0.269 e. The van der Waals surface area contributed by atoms with Crippen molar-refractivity contribution < 1.29 is 19.4 Å². The Bertz CT molecular complexity index is 835. The number of carbonyl (C=O) groups excluding carboxylic acids is 2. The van der Waals surface area contributed by atoms with E-state index in [9.17, 15) is 14.7 Å². The van der Waals surface area contributed by atoms with Crippen LogP contribution in [0.25, 0.3) is 0 Å². The highest BCUT2D eigenvalue weighted by molar-refractivity contribution is 5.99. The van der Waals surface area contributed by atoms with Crippen molar-refractivity contribution in [2.45, 2.75) is 31.5 Å². The Morgan fingerprint density at radius 1 is 1.31 bits per heavy atom. The van der Waals surface area contributed by atoms with Gasteiger partial charge in [0.15, 0.2) is 5.78 Å². The summed E-state index contributed by atoms with van der Waals surface area (Å²) in [7, 11) is 1.53. The molecular weight excluding hydrogens is 370 g/mol. The van der Waals surface area contributed by atoms with E-state index in [0.717, 1.165) is 12.1 Å². The van der Waals surface area contributed by atoms with E-state index < -0.39 is 6.10 Å². The molecule has 1 amide bonds. The first-order valence-corrected chi connectivity index (χ1v) is 9.87. The van der Waals surface area contributed by atoms with Crippen LogP contribution >= 0.6 is 0 Å². The lowest BCUT2D eigenvalue weighted by Gasteiger charge is -2.27. The molecule has 0 spiro atoms. The predicted octanol–water partition coefficient (Wildman–Crippen LogP) is 1.34. The maximum absolute atomic E-state index is 12.8. The number of aliphatic hydroxyl groups excluding tert-OH is 1. The average molecular weight is 397 g/mol. The van der Waals surface area contributed by atoms with Gasteiger partial charge in [-0.1, -0.05) is 30.3 Å². The fourth-order valence-electron chi connectivity index (χ4n) is 3.33. The van der Waals surface area contributed by atoms with Crippen molar-refractivity contribution in [1.29, 1.82) is 0 Å². The summed E-state index contributed by atoms with van der Waals surface area (Å²) in [5, 5.41) is 16.0. The highest BCUT2D eigenvalue weighted by atomic mass is 16.5. The van der Waals surface area contributed by atoms with Crippen LogP contribution in [0.3, 0.4) is 0 Å². The number of aromatic nitrogens is 1. The van der Waals surface area contributed by atoms with Crippen molar-refractivity contribution in [1.82, 2.24) is 15.6 Å². The number of ketones is 1. The maximum atomic E-state index is 12.8. The van der Waals surface area contributed by atoms with Gasteiger partial charge in [0.1, 0.15) is 5.69 Å². The van der Waals surface area contributed by atoms with Crippen molar-refractivity contribution >= 4 is 11.7 Å². The molecule has 0 saturated carbocycles. The fourth-order valence-corrected chi connectivity index (χ4v) is 3.33. The second-order valence-corrected chi connectivity index (χ2v) is 7.12. The second kappa shape index (κ2) is 10.2. The lowest BCUT2D eigenvalue weighted by molar-refractivity contribution is -0.0545. The largest absolute Gasteiger partial charge is 0.390 e. The van der Waals surface area contributed by atoms with Gasteiger partial charge < -0.3 is 20.5 Å². The molecule has 0 bridgehead atoms. The SMILES string of the molecule is CNC(=O)c1cc(C(=O)CC[C@@H](O)[C@@H]2CNCCO2)cc(Cc2ccccc2)n1. The minimum atomic E-state index is -0.712. The molecule has 3 N–H and O–H groups in total. The molecule has 0 radical (unpaired) electrons. The van der Waals surface area contributed by atoms with E-state index in [1.54, 1.807) is 6.07 Å². The van der Waals surface area contributed by atoms with Gasteiger partial charge in [-0.25, -0.2) is 4.98 Å². The number of hydrogen-bond acceptors (Lipinski definition) is 6. The molecular formula is C22H27N3O4. The first kappa shape index (κ1) is 21.1. The molecule has 0 aliphatic carbocycles. The molecule has 2 aromatic rings. The van der Waals surface area contributed by atoms with Gasteiger partial charge in [0.25, 0.3) is 5.91 Å². The van der Waals surface area contributed by atoms with Crippen LogP contribution < -0.4 is 10.6 Å². The number of aliphatic hydroxyl groups is 1. The van der Waals surface area contributed by atoms with Gasteiger partial charge in [0.05, 0.1) is 18.8 Å². The Hall–Kier alpha value is -2.61. The molecule has 2 atom stereocenters. The third-order valence-electron chi connectivity index (χ3n) is 4.94. The third-order valence-corrected chi connectivity index (χ3v) is 4.94. The van der Waals surface area contributed by atoms with Gasteiger partial charge in [-0.05, 0) is 24.1 Å². The number of pyridine rings is 1. The Labute approximate surface area is 170 Å². The molecule has 154 valence electrons. The summed E-state index contributed by atoms with van der Waals surface area (Å²) < 4.78 is 5.54. The second-order valence-electron chi connectivity index (χ2n) is 7.12. The number of hydrogen-bond donors (Lipinski definition) is 3. The first-order valence-electron chi connectivity index (χ1n) is 9.87. The van der Waals surface area contributed by atoms with Crippen molar-refractivity contribution in [3.8, 4) is 0 Å². The van der Waals surface area contributed by atoms with Crippen LogP contribution in [0.1, 0.15) is 44.9 Å². The number of carbonyl (C=O) groups is 2. The number of nitrogens with zero attached hydrogens (tertiary/aromatic N) is 1. The van der Waals surface area contributed by atoms with E-state index in [1.807, 2.05) is 30.3 Å². The van der Waals surface area contributed by atoms with E-state index in [0.29, 0.717) is 37.3 Å². The molecule has 7 nitrogen and oxygen atoms in total. The standard InChI is InChI=1S/C22H27N3O4/c1-23-22(28)18-13-16(12-17(25-18)11-15-5-3-2-4-6-15)19(26)7-8-20(27)21-14-24-9-10-29-21/h2-6,12-13,20-21,24,27H,7-11,14H2,1H3,(H,23,28)/t20-,21+/m1/s1. The van der Waals surface area contributed by atoms with Crippen LogP contribution in [0.2, 0.25) is 0 Å². The Balaban J connectivity index is 1.72. The molecule has 1 aromatic carbocycles. The van der Waals surface area contributed by atoms with E-state index in [-0.39, 0.29) is 29.9 Å². The van der Waals surface area contributed by atoms with Gasteiger partial charge >= 0.3 is 0 Å². The zero-order chi connectivity index (χ0) is 20.6. The molecule has 2 heterocycles. The third kappa shape index (κ3) is 5.93. The number of nitrogens with one attached hydrogen (secondary N) is 2. The molecule has 1 aromatic heterocycles. The summed E-state index contributed by atoms with van der Waals surface area (Å²) in [6.07, 6.45) is -0.0180. The molecule has 3 rings (SSSR count). The monoisotopic (exact) mass is 397 g/mol. The Kier molecular flexibility index (Phi) is 7.46. The smallest absolute Gasteiger partial charge is 0.269 e. The predicted molar refractivity (Wildman–Crippen MR) is 109 cm³/mol. The molecule has 1 saturated heterocycles. The van der Waals surface area contributed by atoms with Crippen LogP contribution in [0, 0.1) is 0 Å².